The Bertz CT molecular complexity index is 839. The molecule has 0 aliphatic heterocycles. The van der Waals surface area contributed by atoms with Crippen LogP contribution in [0.3, 0.4) is 0 Å². The fourth-order valence-electron chi connectivity index (χ4n) is 2.37. The number of benzene rings is 2. The van der Waals surface area contributed by atoms with Crippen molar-refractivity contribution < 1.29 is 13.6 Å². The molecule has 122 valence electrons. The van der Waals surface area contributed by atoms with Crippen LogP contribution in [0.25, 0.3) is 0 Å². The molecule has 1 N–H and O–H groups in total. The molecule has 0 radical (unpaired) electrons. The molecule has 0 unspecified atom stereocenters. The lowest BCUT2D eigenvalue weighted by Crippen LogP contribution is -2.30. The monoisotopic (exact) mass is 345 g/mol. The SMILES string of the molecule is O=C(N[C@@H](Cc1cccc(F)c1)c1cccc(F)c1)c1cnsn1. The van der Waals surface area contributed by atoms with E-state index in [4.69, 9.17) is 0 Å². The smallest absolute Gasteiger partial charge is 0.273 e. The predicted octanol–water partition coefficient (Wildman–Crippen LogP) is 3.53. The topological polar surface area (TPSA) is 54.9 Å². The molecule has 0 aliphatic carbocycles. The molecule has 0 saturated carbocycles. The third-order valence-corrected chi connectivity index (χ3v) is 3.96. The summed E-state index contributed by atoms with van der Waals surface area (Å²) in [5.74, 6) is -1.17. The third kappa shape index (κ3) is 3.99. The van der Waals surface area contributed by atoms with Crippen molar-refractivity contribution in [3.05, 3.63) is 83.2 Å². The standard InChI is InChI=1S/C17H13F2N3OS/c18-13-5-1-3-11(7-13)8-15(12-4-2-6-14(19)9-12)21-17(23)16-10-20-24-22-16/h1-7,9-10,15H,8H2,(H,21,23)/t15-/m0/s1. The van der Waals surface area contributed by atoms with E-state index in [0.717, 1.165) is 11.7 Å². The Kier molecular flexibility index (Phi) is 4.90. The number of halogens is 2. The zero-order valence-electron chi connectivity index (χ0n) is 12.4. The van der Waals surface area contributed by atoms with Crippen LogP contribution in [-0.4, -0.2) is 14.7 Å². The van der Waals surface area contributed by atoms with Gasteiger partial charge in [0.1, 0.15) is 11.6 Å². The molecule has 3 aromatic rings. The number of carbonyl (C=O) groups is 1. The normalized spacial score (nSPS) is 11.9. The van der Waals surface area contributed by atoms with Gasteiger partial charge in [0.05, 0.1) is 24.0 Å². The Morgan fingerprint density at radius 1 is 1.12 bits per heavy atom. The van der Waals surface area contributed by atoms with Crippen LogP contribution in [-0.2, 0) is 6.42 Å². The van der Waals surface area contributed by atoms with E-state index in [1.165, 1.54) is 30.5 Å². The molecule has 0 spiro atoms. The molecule has 1 heterocycles. The van der Waals surface area contributed by atoms with Crippen molar-refractivity contribution >= 4 is 17.6 Å². The van der Waals surface area contributed by atoms with E-state index in [1.54, 1.807) is 24.3 Å². The molecule has 4 nitrogen and oxygen atoms in total. The lowest BCUT2D eigenvalue weighted by atomic mass is 9.98. The predicted molar refractivity (Wildman–Crippen MR) is 86.6 cm³/mol. The fourth-order valence-corrected chi connectivity index (χ4v) is 2.78. The minimum absolute atomic E-state index is 0.195. The number of nitrogens with one attached hydrogen (secondary N) is 1. The van der Waals surface area contributed by atoms with Crippen LogP contribution in [0.2, 0.25) is 0 Å². The summed E-state index contributed by atoms with van der Waals surface area (Å²) < 4.78 is 34.6. The van der Waals surface area contributed by atoms with Gasteiger partial charge in [-0.2, -0.15) is 8.75 Å². The Labute approximate surface area is 141 Å². The Hall–Kier alpha value is -2.67. The molecule has 7 heteroatoms. The highest BCUT2D eigenvalue weighted by Gasteiger charge is 2.18. The first-order valence-corrected chi connectivity index (χ1v) is 7.93. The van der Waals surface area contributed by atoms with E-state index in [2.05, 4.69) is 14.1 Å². The van der Waals surface area contributed by atoms with Crippen LogP contribution >= 0.6 is 11.7 Å². The number of aromatic nitrogens is 2. The summed E-state index contributed by atoms with van der Waals surface area (Å²) in [4.78, 5) is 12.3. The second-order valence-corrected chi connectivity index (χ2v) is 5.76. The minimum atomic E-state index is -0.517. The lowest BCUT2D eigenvalue weighted by molar-refractivity contribution is 0.0932. The average Bonchev–Trinajstić information content (AvgIpc) is 3.09. The largest absolute Gasteiger partial charge is 0.343 e. The van der Waals surface area contributed by atoms with Gasteiger partial charge in [0, 0.05) is 0 Å². The first-order valence-electron chi connectivity index (χ1n) is 7.20. The molecule has 0 saturated heterocycles. The first-order chi connectivity index (χ1) is 11.6. The van der Waals surface area contributed by atoms with Crippen molar-refractivity contribution in [3.63, 3.8) is 0 Å². The highest BCUT2D eigenvalue weighted by Crippen LogP contribution is 2.20. The summed E-state index contributed by atoms with van der Waals surface area (Å²) in [6, 6.07) is 11.5. The van der Waals surface area contributed by atoms with Crippen LogP contribution in [0.4, 0.5) is 8.78 Å². The highest BCUT2D eigenvalue weighted by molar-refractivity contribution is 6.99. The van der Waals surface area contributed by atoms with E-state index in [9.17, 15) is 13.6 Å². The van der Waals surface area contributed by atoms with Crippen molar-refractivity contribution in [2.24, 2.45) is 0 Å². The molecule has 1 amide bonds. The van der Waals surface area contributed by atoms with Gasteiger partial charge in [0.15, 0.2) is 5.69 Å². The van der Waals surface area contributed by atoms with Gasteiger partial charge in [0.25, 0.3) is 5.91 Å². The van der Waals surface area contributed by atoms with E-state index in [0.29, 0.717) is 17.5 Å². The van der Waals surface area contributed by atoms with Gasteiger partial charge in [-0.05, 0) is 41.8 Å². The molecule has 1 aromatic heterocycles. The van der Waals surface area contributed by atoms with Gasteiger partial charge < -0.3 is 5.32 Å². The first kappa shape index (κ1) is 16.2. The number of carbonyl (C=O) groups excluding carboxylic acids is 1. The van der Waals surface area contributed by atoms with Crippen molar-refractivity contribution in [1.82, 2.24) is 14.1 Å². The summed E-state index contributed by atoms with van der Waals surface area (Å²) >= 11 is 0.929. The summed E-state index contributed by atoms with van der Waals surface area (Å²) in [5, 5.41) is 2.81. The van der Waals surface area contributed by atoms with Crippen LogP contribution in [0.15, 0.2) is 54.7 Å². The molecule has 3 rings (SSSR count). The van der Waals surface area contributed by atoms with Gasteiger partial charge >= 0.3 is 0 Å². The van der Waals surface area contributed by atoms with Crippen molar-refractivity contribution in [3.8, 4) is 0 Å². The van der Waals surface area contributed by atoms with Gasteiger partial charge in [-0.3, -0.25) is 4.79 Å². The maximum atomic E-state index is 13.5. The van der Waals surface area contributed by atoms with E-state index >= 15 is 0 Å². The molecule has 1 atom stereocenters. The van der Waals surface area contributed by atoms with Crippen LogP contribution in [0.5, 0.6) is 0 Å². The van der Waals surface area contributed by atoms with Crippen molar-refractivity contribution in [2.75, 3.05) is 0 Å². The van der Waals surface area contributed by atoms with Gasteiger partial charge in [0.2, 0.25) is 0 Å². The molecule has 0 aliphatic rings. The second kappa shape index (κ2) is 7.27. The Balaban J connectivity index is 1.87. The van der Waals surface area contributed by atoms with Gasteiger partial charge in [-0.1, -0.05) is 24.3 Å². The molecule has 24 heavy (non-hydrogen) atoms. The molecule has 0 fully saturated rings. The van der Waals surface area contributed by atoms with Crippen LogP contribution in [0, 0.1) is 11.6 Å². The summed E-state index contributed by atoms with van der Waals surface area (Å²) in [5.41, 5.74) is 1.48. The number of hydrogen-bond donors (Lipinski definition) is 1. The van der Waals surface area contributed by atoms with Gasteiger partial charge in [-0.25, -0.2) is 8.78 Å². The zero-order chi connectivity index (χ0) is 16.9. The summed E-state index contributed by atoms with van der Waals surface area (Å²) in [6.45, 7) is 0. The van der Waals surface area contributed by atoms with Gasteiger partial charge in [-0.15, -0.1) is 0 Å². The molecule has 0 bridgehead atoms. The molecular weight excluding hydrogens is 332 g/mol. The molecular formula is C17H13F2N3OS. The number of hydrogen-bond acceptors (Lipinski definition) is 4. The highest BCUT2D eigenvalue weighted by atomic mass is 32.1. The second-order valence-electron chi connectivity index (χ2n) is 5.21. The maximum Gasteiger partial charge on any atom is 0.273 e. The summed E-state index contributed by atoms with van der Waals surface area (Å²) in [7, 11) is 0. The lowest BCUT2D eigenvalue weighted by Gasteiger charge is -2.19. The number of rotatable bonds is 5. The van der Waals surface area contributed by atoms with E-state index in [-0.39, 0.29) is 11.5 Å². The quantitative estimate of drug-likeness (QED) is 0.770. The minimum Gasteiger partial charge on any atom is -0.343 e. The number of nitrogens with zero attached hydrogens (tertiary/aromatic N) is 2. The third-order valence-electron chi connectivity index (χ3n) is 3.48. The van der Waals surface area contributed by atoms with Crippen LogP contribution in [0.1, 0.15) is 27.7 Å². The van der Waals surface area contributed by atoms with E-state index in [1.807, 2.05) is 0 Å². The van der Waals surface area contributed by atoms with Crippen molar-refractivity contribution in [1.29, 1.82) is 0 Å². The Morgan fingerprint density at radius 3 is 2.54 bits per heavy atom. The fraction of sp³-hybridized carbons (Fsp3) is 0.118. The van der Waals surface area contributed by atoms with Crippen molar-refractivity contribution in [2.45, 2.75) is 12.5 Å². The number of amides is 1. The maximum absolute atomic E-state index is 13.5. The van der Waals surface area contributed by atoms with E-state index < -0.39 is 17.8 Å². The average molecular weight is 345 g/mol. The molecule has 2 aromatic carbocycles. The van der Waals surface area contributed by atoms with Crippen LogP contribution < -0.4 is 5.32 Å². The zero-order valence-corrected chi connectivity index (χ0v) is 13.3. The Morgan fingerprint density at radius 2 is 1.88 bits per heavy atom. The summed E-state index contributed by atoms with van der Waals surface area (Å²) in [6.07, 6.45) is 1.69.